The Morgan fingerprint density at radius 3 is 1.25 bits per heavy atom. The Bertz CT molecular complexity index is 296. The van der Waals surface area contributed by atoms with Crippen LogP contribution in [0, 0.1) is 5.53 Å². The second kappa shape index (κ2) is 22.6. The molecule has 0 atom stereocenters. The summed E-state index contributed by atoms with van der Waals surface area (Å²) in [5.74, 6) is 0. The van der Waals surface area contributed by atoms with Gasteiger partial charge in [-0.1, -0.05) is 15.9 Å². The first-order valence-corrected chi connectivity index (χ1v) is 9.09. The van der Waals surface area contributed by atoms with E-state index >= 15 is 0 Å². The predicted octanol–water partition coefficient (Wildman–Crippen LogP) is 1.03. The molecular formula is C14H29BrN3O6+. The third-order valence-corrected chi connectivity index (χ3v) is 2.81. The van der Waals surface area contributed by atoms with Crippen LogP contribution in [0.15, 0.2) is 5.11 Å². The highest BCUT2D eigenvalue weighted by Crippen LogP contribution is 1.85. The zero-order valence-electron chi connectivity index (χ0n) is 14.1. The van der Waals surface area contributed by atoms with Crippen molar-refractivity contribution in [3.8, 4) is 0 Å². The van der Waals surface area contributed by atoms with Crippen LogP contribution < -0.4 is 4.91 Å². The van der Waals surface area contributed by atoms with E-state index in [1.807, 2.05) is 0 Å². The molecule has 24 heavy (non-hydrogen) atoms. The second-order valence-electron chi connectivity index (χ2n) is 4.33. The molecule has 1 N–H and O–H groups in total. The molecule has 0 aliphatic carbocycles. The topological polar surface area (TPSA) is 106 Å². The molecule has 0 aromatic carbocycles. The molecule has 0 fully saturated rings. The van der Waals surface area contributed by atoms with Gasteiger partial charge in [0.2, 0.25) is 4.91 Å². The zero-order valence-corrected chi connectivity index (χ0v) is 15.7. The molecule has 0 heterocycles. The van der Waals surface area contributed by atoms with Gasteiger partial charge in [-0.05, 0) is 0 Å². The van der Waals surface area contributed by atoms with Gasteiger partial charge in [0.25, 0.3) is 0 Å². The zero-order chi connectivity index (χ0) is 17.6. The molecule has 0 rings (SSSR count). The van der Waals surface area contributed by atoms with Crippen molar-refractivity contribution < 1.29 is 28.4 Å². The van der Waals surface area contributed by atoms with Crippen molar-refractivity contribution in [2.75, 3.05) is 91.2 Å². The Hall–Kier alpha value is -0.450. The average molecular weight is 415 g/mol. The molecule has 0 unspecified atom stereocenters. The monoisotopic (exact) mass is 414 g/mol. The van der Waals surface area contributed by atoms with E-state index in [2.05, 4.69) is 26.0 Å². The van der Waals surface area contributed by atoms with Gasteiger partial charge in [0.05, 0.1) is 79.3 Å². The molecule has 0 radical (unpaired) electrons. The van der Waals surface area contributed by atoms with Crippen LogP contribution >= 0.6 is 15.9 Å². The minimum Gasteiger partial charge on any atom is -0.378 e. The number of rotatable bonds is 20. The molecule has 0 aliphatic rings. The Labute approximate surface area is 151 Å². The molecule has 0 aliphatic heterocycles. The lowest BCUT2D eigenvalue weighted by Crippen LogP contribution is -2.14. The summed E-state index contributed by atoms with van der Waals surface area (Å²) in [6, 6.07) is 0. The maximum atomic E-state index is 6.46. The highest BCUT2D eigenvalue weighted by molar-refractivity contribution is 9.09. The van der Waals surface area contributed by atoms with E-state index in [1.54, 1.807) is 0 Å². The van der Waals surface area contributed by atoms with Crippen LogP contribution in [0.1, 0.15) is 0 Å². The maximum absolute atomic E-state index is 6.46. The van der Waals surface area contributed by atoms with Crippen LogP contribution in [0.2, 0.25) is 0 Å². The fourth-order valence-corrected chi connectivity index (χ4v) is 1.64. The molecule has 9 nitrogen and oxygen atoms in total. The summed E-state index contributed by atoms with van der Waals surface area (Å²) in [6.07, 6.45) is 0. The van der Waals surface area contributed by atoms with E-state index in [1.165, 1.54) is 0 Å². The normalized spacial score (nSPS) is 10.7. The number of nitrogens with zero attached hydrogens (tertiary/aromatic N) is 2. The van der Waals surface area contributed by atoms with Crippen LogP contribution in [0.25, 0.3) is 0 Å². The summed E-state index contributed by atoms with van der Waals surface area (Å²) < 4.78 is 31.8. The summed E-state index contributed by atoms with van der Waals surface area (Å²) in [6.45, 7) is 6.99. The molecule has 0 spiro atoms. The van der Waals surface area contributed by atoms with Gasteiger partial charge in [0.15, 0.2) is 0 Å². The quantitative estimate of drug-likeness (QED) is 0.138. The van der Waals surface area contributed by atoms with E-state index in [0.717, 1.165) is 5.33 Å². The standard InChI is InChI=1S/C14H29BrN3O6/c15-1-3-19-5-7-21-9-11-23-13-14-24-12-10-22-8-6-20-4-2-17-18-16/h16H,1-14H2/q+1. The predicted molar refractivity (Wildman–Crippen MR) is 90.9 cm³/mol. The Morgan fingerprint density at radius 1 is 0.583 bits per heavy atom. The SMILES string of the molecule is N=[N+]=NCCOCCOCCOCCOCCOCCOCCBr. The lowest BCUT2D eigenvalue weighted by atomic mass is 10.6. The van der Waals surface area contributed by atoms with Crippen LogP contribution in [0.4, 0.5) is 0 Å². The lowest BCUT2D eigenvalue weighted by molar-refractivity contribution is -0.0157. The minimum absolute atomic E-state index is 0.405. The van der Waals surface area contributed by atoms with E-state index in [4.69, 9.17) is 34.0 Å². The molecule has 0 aromatic heterocycles. The first kappa shape index (κ1) is 23.5. The van der Waals surface area contributed by atoms with Crippen molar-refractivity contribution in [2.45, 2.75) is 0 Å². The van der Waals surface area contributed by atoms with E-state index in [0.29, 0.717) is 85.8 Å². The van der Waals surface area contributed by atoms with Crippen LogP contribution in [-0.2, 0) is 28.4 Å². The third kappa shape index (κ3) is 21.6. The first-order valence-electron chi connectivity index (χ1n) is 7.97. The number of alkyl halides is 1. The second-order valence-corrected chi connectivity index (χ2v) is 5.12. The fraction of sp³-hybridized carbons (Fsp3) is 1.00. The van der Waals surface area contributed by atoms with Crippen LogP contribution in [0.5, 0.6) is 0 Å². The van der Waals surface area contributed by atoms with Crippen molar-refractivity contribution in [2.24, 2.45) is 5.11 Å². The molecular weight excluding hydrogens is 386 g/mol. The number of ether oxygens (including phenoxy) is 6. The summed E-state index contributed by atoms with van der Waals surface area (Å²) >= 11 is 3.28. The summed E-state index contributed by atoms with van der Waals surface area (Å²) in [5, 5.41) is 4.31. The Kier molecular flexibility index (Phi) is 22.1. The minimum atomic E-state index is 0.405. The van der Waals surface area contributed by atoms with E-state index < -0.39 is 0 Å². The van der Waals surface area contributed by atoms with Gasteiger partial charge in [-0.15, -0.1) is 0 Å². The largest absolute Gasteiger partial charge is 0.378 e. The van der Waals surface area contributed by atoms with E-state index in [9.17, 15) is 0 Å². The Balaban J connectivity index is 2.96. The summed E-state index contributed by atoms with van der Waals surface area (Å²) in [7, 11) is 0. The van der Waals surface area contributed by atoms with Gasteiger partial charge in [-0.25, -0.2) is 0 Å². The van der Waals surface area contributed by atoms with E-state index in [-0.39, 0.29) is 0 Å². The highest BCUT2D eigenvalue weighted by Gasteiger charge is 1.94. The third-order valence-electron chi connectivity index (χ3n) is 2.49. The average Bonchev–Trinajstić information content (AvgIpc) is 2.60. The molecule has 0 saturated heterocycles. The van der Waals surface area contributed by atoms with Gasteiger partial charge in [-0.2, -0.15) is 0 Å². The van der Waals surface area contributed by atoms with Gasteiger partial charge < -0.3 is 28.4 Å². The molecule has 142 valence electrons. The van der Waals surface area contributed by atoms with Crippen molar-refractivity contribution in [3.05, 3.63) is 0 Å². The molecule has 0 aromatic rings. The highest BCUT2D eigenvalue weighted by atomic mass is 79.9. The van der Waals surface area contributed by atoms with Crippen LogP contribution in [-0.4, -0.2) is 91.2 Å². The molecule has 10 heteroatoms. The molecule has 0 bridgehead atoms. The lowest BCUT2D eigenvalue weighted by Gasteiger charge is -2.07. The summed E-state index contributed by atoms with van der Waals surface area (Å²) in [4.78, 5) is 2.88. The van der Waals surface area contributed by atoms with Crippen LogP contribution in [0.3, 0.4) is 0 Å². The van der Waals surface area contributed by atoms with Gasteiger partial charge >= 0.3 is 0 Å². The van der Waals surface area contributed by atoms with Crippen molar-refractivity contribution in [1.82, 2.24) is 4.91 Å². The Morgan fingerprint density at radius 2 is 0.917 bits per heavy atom. The van der Waals surface area contributed by atoms with Gasteiger partial charge in [-0.3, -0.25) is 0 Å². The number of nitrogens with one attached hydrogen (secondary N) is 1. The smallest absolute Gasteiger partial charge is 0.214 e. The van der Waals surface area contributed by atoms with Crippen molar-refractivity contribution in [3.63, 3.8) is 0 Å². The number of halogens is 1. The van der Waals surface area contributed by atoms with Gasteiger partial charge in [0.1, 0.15) is 17.2 Å². The molecule has 0 amide bonds. The number of hydrogen-bond acceptors (Lipinski definition) is 8. The molecule has 0 saturated carbocycles. The van der Waals surface area contributed by atoms with Crippen molar-refractivity contribution >= 4 is 15.9 Å². The maximum Gasteiger partial charge on any atom is 0.214 e. The first-order chi connectivity index (χ1) is 11.9. The van der Waals surface area contributed by atoms with Gasteiger partial charge in [0, 0.05) is 5.33 Å². The summed E-state index contributed by atoms with van der Waals surface area (Å²) in [5.41, 5.74) is 6.46. The number of hydrogen-bond donors (Lipinski definition) is 1. The fourth-order valence-electron chi connectivity index (χ4n) is 1.41. The van der Waals surface area contributed by atoms with Crippen molar-refractivity contribution in [1.29, 1.82) is 5.53 Å².